The topological polar surface area (TPSA) is 189 Å². The molecule has 16 heteroatoms. The zero-order valence-electron chi connectivity index (χ0n) is 19.9. The number of carboxylic acids is 1. The summed E-state index contributed by atoms with van der Waals surface area (Å²) in [4.78, 5) is 48.6. The van der Waals surface area contributed by atoms with Gasteiger partial charge in [-0.2, -0.15) is 0 Å². The number of nitrogens with two attached hydrogens (primary N) is 2. The molecule has 4 rings (SSSR count). The van der Waals surface area contributed by atoms with Crippen LogP contribution in [0.5, 0.6) is 5.75 Å². The van der Waals surface area contributed by atoms with E-state index >= 15 is 0 Å². The van der Waals surface area contributed by atoms with Gasteiger partial charge in [-0.15, -0.1) is 34.9 Å². The second kappa shape index (κ2) is 10.9. The van der Waals surface area contributed by atoms with Crippen LogP contribution in [0.1, 0.15) is 11.4 Å². The molecule has 0 saturated carbocycles. The lowest BCUT2D eigenvalue weighted by Gasteiger charge is -2.50. The highest BCUT2D eigenvalue weighted by atomic mass is 32.2. The van der Waals surface area contributed by atoms with Gasteiger partial charge in [0.15, 0.2) is 10.8 Å². The van der Waals surface area contributed by atoms with Crippen LogP contribution in [0.3, 0.4) is 0 Å². The van der Waals surface area contributed by atoms with Crippen molar-refractivity contribution in [3.8, 4) is 5.75 Å². The number of hydrogen-bond acceptors (Lipinski definition) is 13. The zero-order valence-corrected chi connectivity index (χ0v) is 22.4. The van der Waals surface area contributed by atoms with Gasteiger partial charge in [0.2, 0.25) is 11.9 Å². The summed E-state index contributed by atoms with van der Waals surface area (Å²) in [7, 11) is 2.80. The van der Waals surface area contributed by atoms with Crippen LogP contribution in [-0.4, -0.2) is 70.5 Å². The average molecular weight is 566 g/mol. The van der Waals surface area contributed by atoms with E-state index in [0.29, 0.717) is 22.8 Å². The molecule has 37 heavy (non-hydrogen) atoms. The number of carbonyl (C=O) groups excluding carboxylic acids is 3. The van der Waals surface area contributed by atoms with E-state index in [1.807, 2.05) is 0 Å². The Morgan fingerprint density at radius 2 is 2.19 bits per heavy atom. The van der Waals surface area contributed by atoms with Crippen LogP contribution in [0.2, 0.25) is 0 Å². The molecule has 2 atom stereocenters. The van der Waals surface area contributed by atoms with E-state index in [4.69, 9.17) is 21.2 Å². The van der Waals surface area contributed by atoms with Crippen LogP contribution >= 0.6 is 34.9 Å². The molecule has 2 aromatic heterocycles. The second-order valence-electron chi connectivity index (χ2n) is 7.79. The summed E-state index contributed by atoms with van der Waals surface area (Å²) in [5.41, 5.74) is 6.72. The molecule has 2 aliphatic heterocycles. The summed E-state index contributed by atoms with van der Waals surface area (Å²) in [6.45, 7) is 1.80. The number of fused-ring (bicyclic) bond motifs is 1. The highest BCUT2D eigenvalue weighted by Crippen LogP contribution is 2.42. The Morgan fingerprint density at radius 1 is 1.43 bits per heavy atom. The molecular weight excluding hydrogens is 542 g/mol. The van der Waals surface area contributed by atoms with Crippen LogP contribution in [-0.2, 0) is 19.2 Å². The monoisotopic (exact) mass is 565 g/mol. The minimum Gasteiger partial charge on any atom is -0.543 e. The van der Waals surface area contributed by atoms with Gasteiger partial charge in [0.05, 0.1) is 23.7 Å². The summed E-state index contributed by atoms with van der Waals surface area (Å²) in [5.74, 6) is 4.32. The van der Waals surface area contributed by atoms with Crippen molar-refractivity contribution < 1.29 is 33.7 Å². The largest absolute Gasteiger partial charge is 0.543 e. The number of ether oxygens (including phenoxy) is 1. The number of oxime groups is 1. The highest BCUT2D eigenvalue weighted by molar-refractivity contribution is 8.01. The van der Waals surface area contributed by atoms with Crippen molar-refractivity contribution in [2.45, 2.75) is 23.2 Å². The number of anilines is 1. The standard InChI is InChI=1S/C21H23N7O6S3/c1-9-16(33-2)12(4-5-27(9)23)35-6-10-7-36-19-14(18(30)28(19)15(10)20(31)32)25-17(29)13(26-34-3)11-8-37-21(22)24-11/h4-5,8,14,19H,6-7,23H2,1-3H3,(H3-,22,24,25,29,31,32)/b26-13-/t14-,19-/m1/s1. The summed E-state index contributed by atoms with van der Waals surface area (Å²) >= 11 is 3.82. The van der Waals surface area contributed by atoms with Crippen molar-refractivity contribution in [2.75, 3.05) is 37.3 Å². The first kappa shape index (κ1) is 26.6. The Morgan fingerprint density at radius 3 is 2.81 bits per heavy atom. The molecule has 2 aliphatic rings. The first-order valence-corrected chi connectivity index (χ1v) is 13.6. The van der Waals surface area contributed by atoms with Crippen molar-refractivity contribution in [3.05, 3.63) is 40.3 Å². The van der Waals surface area contributed by atoms with Gasteiger partial charge in [0.25, 0.3) is 17.5 Å². The average Bonchev–Trinajstić information content (AvgIpc) is 3.31. The minimum absolute atomic E-state index is 0.152. The third-order valence-corrected chi connectivity index (χ3v) is 8.76. The third kappa shape index (κ3) is 5.03. The lowest BCUT2D eigenvalue weighted by molar-refractivity contribution is -0.646. The number of thiazole rings is 1. The molecule has 4 heterocycles. The number of nitrogen functional groups attached to an aromatic ring is 2. The molecule has 1 saturated heterocycles. The predicted octanol–water partition coefficient (Wildman–Crippen LogP) is -1.41. The van der Waals surface area contributed by atoms with Crippen molar-refractivity contribution in [3.63, 3.8) is 0 Å². The van der Waals surface area contributed by atoms with E-state index in [2.05, 4.69) is 15.5 Å². The van der Waals surface area contributed by atoms with E-state index in [1.54, 1.807) is 19.2 Å². The molecule has 0 aromatic carbocycles. The molecule has 2 amide bonds. The molecular formula is C21H23N7O6S3. The molecule has 0 aliphatic carbocycles. The lowest BCUT2D eigenvalue weighted by atomic mass is 10.0. The summed E-state index contributed by atoms with van der Waals surface area (Å²) < 4.78 is 6.88. The van der Waals surface area contributed by atoms with Crippen LogP contribution < -0.4 is 31.4 Å². The predicted molar refractivity (Wildman–Crippen MR) is 136 cm³/mol. The molecule has 0 unspecified atom stereocenters. The number of carbonyl (C=O) groups is 3. The van der Waals surface area contributed by atoms with Gasteiger partial charge in [-0.25, -0.2) is 10.8 Å². The van der Waals surface area contributed by atoms with Gasteiger partial charge in [-0.05, 0) is 5.57 Å². The normalized spacial score (nSPS) is 19.3. The van der Waals surface area contributed by atoms with E-state index in [-0.39, 0.29) is 28.0 Å². The number of amides is 2. The van der Waals surface area contributed by atoms with E-state index < -0.39 is 29.2 Å². The summed E-state index contributed by atoms with van der Waals surface area (Å²) in [5, 5.41) is 19.5. The van der Waals surface area contributed by atoms with Gasteiger partial charge in [-0.3, -0.25) is 14.5 Å². The number of aliphatic carboxylic acids is 1. The number of pyridine rings is 1. The van der Waals surface area contributed by atoms with Gasteiger partial charge < -0.3 is 30.5 Å². The van der Waals surface area contributed by atoms with E-state index in [0.717, 1.165) is 21.1 Å². The van der Waals surface area contributed by atoms with E-state index in [1.165, 1.54) is 47.8 Å². The maximum atomic E-state index is 13.0. The number of β-lactam (4-membered cyclic amide) rings is 1. The first-order valence-electron chi connectivity index (χ1n) is 10.7. The molecule has 5 N–H and O–H groups in total. The fourth-order valence-corrected chi connectivity index (χ4v) is 6.95. The van der Waals surface area contributed by atoms with Crippen molar-refractivity contribution in [2.24, 2.45) is 5.16 Å². The quantitative estimate of drug-likeness (QED) is 0.0809. The summed E-state index contributed by atoms with van der Waals surface area (Å²) in [6.07, 6.45) is 1.67. The molecule has 0 spiro atoms. The fraction of sp³-hybridized carbons (Fsp3) is 0.333. The third-order valence-electron chi connectivity index (χ3n) is 5.62. The Hall–Kier alpha value is -3.50. The maximum Gasteiger partial charge on any atom is 0.276 e. The number of nitrogens with one attached hydrogen (secondary N) is 1. The van der Waals surface area contributed by atoms with Crippen LogP contribution in [0.15, 0.2) is 39.0 Å². The molecule has 13 nitrogen and oxygen atoms in total. The van der Waals surface area contributed by atoms with Gasteiger partial charge in [0.1, 0.15) is 24.2 Å². The Bertz CT molecular complexity index is 1330. The second-order valence-corrected chi connectivity index (χ2v) is 10.8. The number of methoxy groups -OCH3 is 1. The van der Waals surface area contributed by atoms with Crippen molar-refractivity contribution in [1.82, 2.24) is 15.2 Å². The maximum absolute atomic E-state index is 13.0. The Balaban J connectivity index is 1.51. The van der Waals surface area contributed by atoms with Gasteiger partial charge in [0, 0.05) is 29.9 Å². The lowest BCUT2D eigenvalue weighted by Crippen LogP contribution is -2.71. The number of rotatable bonds is 9. The van der Waals surface area contributed by atoms with Gasteiger partial charge in [-0.1, -0.05) is 9.83 Å². The molecule has 0 bridgehead atoms. The van der Waals surface area contributed by atoms with Crippen LogP contribution in [0.25, 0.3) is 0 Å². The fourth-order valence-electron chi connectivity index (χ4n) is 3.84. The number of aromatic nitrogens is 2. The molecule has 1 fully saturated rings. The Labute approximate surface area is 223 Å². The van der Waals surface area contributed by atoms with Crippen molar-refractivity contribution in [1.29, 1.82) is 0 Å². The Kier molecular flexibility index (Phi) is 7.79. The highest BCUT2D eigenvalue weighted by Gasteiger charge is 2.53. The van der Waals surface area contributed by atoms with Crippen molar-refractivity contribution >= 4 is 63.5 Å². The van der Waals surface area contributed by atoms with Gasteiger partial charge >= 0.3 is 0 Å². The number of carboxylic acid groups (broad SMARTS) is 1. The molecule has 0 radical (unpaired) electrons. The molecule has 196 valence electrons. The SMILES string of the molecule is CO/N=C(\C(=O)N[C@@H]1C(=O)N2C(C(=O)[O-])=C(CSc3cc[n+](N)c(C)c3OC)CS[C@H]12)c1csc(N)n1. The van der Waals surface area contributed by atoms with Crippen LogP contribution in [0, 0.1) is 6.92 Å². The van der Waals surface area contributed by atoms with Crippen LogP contribution in [0.4, 0.5) is 5.13 Å². The number of hydrogen-bond donors (Lipinski definition) is 3. The number of thioether (sulfide) groups is 2. The minimum atomic E-state index is -1.46. The first-order chi connectivity index (χ1) is 17.7. The zero-order chi connectivity index (χ0) is 26.9. The molecule has 2 aromatic rings. The smallest absolute Gasteiger partial charge is 0.276 e. The van der Waals surface area contributed by atoms with E-state index in [9.17, 15) is 19.5 Å². The number of nitrogens with zero attached hydrogens (tertiary/aromatic N) is 4. The summed E-state index contributed by atoms with van der Waals surface area (Å²) in [6, 6.07) is 0.806.